The van der Waals surface area contributed by atoms with Gasteiger partial charge in [0, 0.05) is 42.4 Å². The van der Waals surface area contributed by atoms with E-state index in [0.717, 1.165) is 63.3 Å². The van der Waals surface area contributed by atoms with E-state index in [1.165, 1.54) is 11.8 Å². The quantitative estimate of drug-likeness (QED) is 0.419. The zero-order valence-corrected chi connectivity index (χ0v) is 24.8. The average molecular weight is 596 g/mol. The van der Waals surface area contributed by atoms with Gasteiger partial charge in [0.15, 0.2) is 5.16 Å². The van der Waals surface area contributed by atoms with E-state index < -0.39 is 5.91 Å². The standard InChI is InChI=1S/C29H34ClN7O3S/c1-17-23(27(39)37-11-4-3-8-22(37)34-17)26(38)35-20-6-5-7-21(24(20)30)41-28-32-14-19(15-33-28)36-12-9-29(10-13-36)16-40-18(2)25(29)31/h5-7,14-15,18,25H,3-4,8-13,16,31H2,1-2H3,(H,35,38)/t18-,25+/m0/s1. The van der Waals surface area contributed by atoms with E-state index in [2.05, 4.69) is 32.1 Å². The van der Waals surface area contributed by atoms with Crippen LogP contribution in [0, 0.1) is 12.3 Å². The predicted molar refractivity (Wildman–Crippen MR) is 159 cm³/mol. The van der Waals surface area contributed by atoms with Crippen LogP contribution in [0.15, 0.2) is 45.4 Å². The molecule has 0 saturated carbocycles. The van der Waals surface area contributed by atoms with Gasteiger partial charge in [-0.05, 0) is 63.4 Å². The van der Waals surface area contributed by atoms with Gasteiger partial charge < -0.3 is 20.7 Å². The van der Waals surface area contributed by atoms with Crippen molar-refractivity contribution in [2.75, 3.05) is 29.9 Å². The summed E-state index contributed by atoms with van der Waals surface area (Å²) in [5, 5.41) is 3.71. The number of benzene rings is 1. The van der Waals surface area contributed by atoms with Crippen LogP contribution in [0.25, 0.3) is 0 Å². The van der Waals surface area contributed by atoms with E-state index in [1.807, 2.05) is 18.5 Å². The van der Waals surface area contributed by atoms with Gasteiger partial charge in [0.2, 0.25) is 0 Å². The summed E-state index contributed by atoms with van der Waals surface area (Å²) in [7, 11) is 0. The van der Waals surface area contributed by atoms with Crippen molar-refractivity contribution >= 4 is 40.6 Å². The van der Waals surface area contributed by atoms with Crippen molar-refractivity contribution in [3.63, 3.8) is 0 Å². The van der Waals surface area contributed by atoms with Gasteiger partial charge in [-0.3, -0.25) is 14.2 Å². The van der Waals surface area contributed by atoms with Gasteiger partial charge in [0.25, 0.3) is 11.5 Å². The first-order chi connectivity index (χ1) is 19.8. The highest BCUT2D eigenvalue weighted by atomic mass is 35.5. The van der Waals surface area contributed by atoms with Crippen LogP contribution in [-0.4, -0.2) is 57.3 Å². The molecule has 0 bridgehead atoms. The first-order valence-corrected chi connectivity index (χ1v) is 15.3. The van der Waals surface area contributed by atoms with E-state index in [1.54, 1.807) is 23.6 Å². The zero-order chi connectivity index (χ0) is 28.7. The van der Waals surface area contributed by atoms with Gasteiger partial charge >= 0.3 is 0 Å². The van der Waals surface area contributed by atoms with Crippen molar-refractivity contribution < 1.29 is 9.53 Å². The Morgan fingerprint density at radius 2 is 1.95 bits per heavy atom. The minimum absolute atomic E-state index is 0.0456. The Bertz CT molecular complexity index is 1520. The fraction of sp³-hybridized carbons (Fsp3) is 0.483. The number of anilines is 2. The summed E-state index contributed by atoms with van der Waals surface area (Å²) in [6.45, 7) is 6.83. The summed E-state index contributed by atoms with van der Waals surface area (Å²) in [6.07, 6.45) is 8.37. The molecule has 216 valence electrons. The van der Waals surface area contributed by atoms with Gasteiger partial charge in [0.1, 0.15) is 11.4 Å². The van der Waals surface area contributed by atoms with Gasteiger partial charge in [0.05, 0.1) is 47.2 Å². The lowest BCUT2D eigenvalue weighted by atomic mass is 9.73. The Balaban J connectivity index is 1.13. The third-order valence-electron chi connectivity index (χ3n) is 8.69. The van der Waals surface area contributed by atoms with Crippen LogP contribution in [0.2, 0.25) is 5.02 Å². The van der Waals surface area contributed by atoms with Gasteiger partial charge in [-0.1, -0.05) is 17.7 Å². The van der Waals surface area contributed by atoms with E-state index in [4.69, 9.17) is 22.1 Å². The van der Waals surface area contributed by atoms with Gasteiger partial charge in [-0.15, -0.1) is 0 Å². The lowest BCUT2D eigenvalue weighted by molar-refractivity contribution is 0.0974. The number of hydrogen-bond acceptors (Lipinski definition) is 9. The summed E-state index contributed by atoms with van der Waals surface area (Å²) in [5.74, 6) is 0.220. The molecular weight excluding hydrogens is 562 g/mol. The molecule has 5 heterocycles. The Kier molecular flexibility index (Phi) is 7.80. The molecule has 3 aliphatic rings. The average Bonchev–Trinajstić information content (AvgIpc) is 3.24. The number of ether oxygens (including phenoxy) is 1. The smallest absolute Gasteiger partial charge is 0.266 e. The maximum Gasteiger partial charge on any atom is 0.266 e. The molecule has 2 saturated heterocycles. The Morgan fingerprint density at radius 1 is 1.20 bits per heavy atom. The monoisotopic (exact) mass is 595 g/mol. The predicted octanol–water partition coefficient (Wildman–Crippen LogP) is 4.07. The van der Waals surface area contributed by atoms with E-state index >= 15 is 0 Å². The zero-order valence-electron chi connectivity index (χ0n) is 23.2. The van der Waals surface area contributed by atoms with Crippen LogP contribution in [0.3, 0.4) is 0 Å². The van der Waals surface area contributed by atoms with Crippen molar-refractivity contribution in [2.24, 2.45) is 11.1 Å². The summed E-state index contributed by atoms with van der Waals surface area (Å²) in [5.41, 5.74) is 8.06. The molecule has 2 aromatic heterocycles. The molecule has 12 heteroatoms. The molecule has 3 aromatic rings. The number of fused-ring (bicyclic) bond motifs is 1. The fourth-order valence-electron chi connectivity index (χ4n) is 6.13. The molecule has 2 fully saturated rings. The summed E-state index contributed by atoms with van der Waals surface area (Å²) in [6, 6.07) is 5.42. The minimum atomic E-state index is -0.520. The highest BCUT2D eigenvalue weighted by Crippen LogP contribution is 2.42. The maximum atomic E-state index is 13.2. The number of aromatic nitrogens is 4. The number of nitrogens with one attached hydrogen (secondary N) is 1. The number of amides is 1. The Hall–Kier alpha value is -2.99. The number of nitrogens with zero attached hydrogens (tertiary/aromatic N) is 5. The van der Waals surface area contributed by atoms with Crippen LogP contribution < -0.4 is 21.5 Å². The van der Waals surface area contributed by atoms with Crippen molar-refractivity contribution in [1.82, 2.24) is 19.5 Å². The fourth-order valence-corrected chi connectivity index (χ4v) is 7.17. The number of nitrogens with two attached hydrogens (primary N) is 1. The second-order valence-corrected chi connectivity index (χ2v) is 12.6. The minimum Gasteiger partial charge on any atom is -0.376 e. The largest absolute Gasteiger partial charge is 0.376 e. The molecule has 3 aliphatic heterocycles. The summed E-state index contributed by atoms with van der Waals surface area (Å²) >= 11 is 8.01. The van der Waals surface area contributed by atoms with Crippen LogP contribution >= 0.6 is 23.4 Å². The van der Waals surface area contributed by atoms with Crippen LogP contribution in [0.1, 0.15) is 54.5 Å². The Labute approximate surface area is 248 Å². The van der Waals surface area contributed by atoms with E-state index in [-0.39, 0.29) is 28.7 Å². The molecule has 1 aromatic carbocycles. The second-order valence-electron chi connectivity index (χ2n) is 11.2. The van der Waals surface area contributed by atoms with Crippen molar-refractivity contribution in [2.45, 2.75) is 74.7 Å². The molecule has 3 N–H and O–H groups in total. The molecule has 0 aliphatic carbocycles. The molecule has 0 radical (unpaired) electrons. The van der Waals surface area contributed by atoms with Crippen LogP contribution in [0.4, 0.5) is 11.4 Å². The molecule has 1 spiro atoms. The third kappa shape index (κ3) is 5.36. The Morgan fingerprint density at radius 3 is 2.66 bits per heavy atom. The van der Waals surface area contributed by atoms with Crippen molar-refractivity contribution in [3.8, 4) is 0 Å². The highest BCUT2D eigenvalue weighted by Gasteiger charge is 2.47. The molecule has 2 atom stereocenters. The summed E-state index contributed by atoms with van der Waals surface area (Å²) in [4.78, 5) is 42.9. The number of carbonyl (C=O) groups excluding carboxylic acids is 1. The normalized spacial score (nSPS) is 21.6. The molecule has 41 heavy (non-hydrogen) atoms. The topological polar surface area (TPSA) is 128 Å². The number of aryl methyl sites for hydroxylation is 2. The number of rotatable bonds is 5. The number of halogens is 1. The first-order valence-electron chi connectivity index (χ1n) is 14.1. The van der Waals surface area contributed by atoms with Crippen molar-refractivity contribution in [3.05, 3.63) is 63.1 Å². The molecule has 0 unspecified atom stereocenters. The molecule has 10 nitrogen and oxygen atoms in total. The lowest BCUT2D eigenvalue weighted by Gasteiger charge is -2.41. The number of carbonyl (C=O) groups is 1. The van der Waals surface area contributed by atoms with Gasteiger partial charge in [-0.2, -0.15) is 0 Å². The van der Waals surface area contributed by atoms with Crippen molar-refractivity contribution in [1.29, 1.82) is 0 Å². The van der Waals surface area contributed by atoms with E-state index in [0.29, 0.717) is 33.0 Å². The van der Waals surface area contributed by atoms with Crippen LogP contribution in [0.5, 0.6) is 0 Å². The number of hydrogen-bond donors (Lipinski definition) is 2. The molecular formula is C29H34ClN7O3S. The first kappa shape index (κ1) is 28.1. The summed E-state index contributed by atoms with van der Waals surface area (Å²) < 4.78 is 7.45. The third-order valence-corrected chi connectivity index (χ3v) is 10.2. The molecule has 1 amide bonds. The van der Waals surface area contributed by atoms with Crippen LogP contribution in [-0.2, 0) is 17.7 Å². The lowest BCUT2D eigenvalue weighted by Crippen LogP contribution is -2.50. The maximum absolute atomic E-state index is 13.2. The SMILES string of the molecule is Cc1nc2n(c(=O)c1C(=O)Nc1cccc(Sc3ncc(N4CCC5(CC4)CO[C@@H](C)[C@H]5N)cn3)c1Cl)CCCC2. The second kappa shape index (κ2) is 11.4. The molecule has 6 rings (SSSR count). The van der Waals surface area contributed by atoms with Gasteiger partial charge in [-0.25, -0.2) is 15.0 Å². The number of piperidine rings is 1. The highest BCUT2D eigenvalue weighted by molar-refractivity contribution is 7.99. The van der Waals surface area contributed by atoms with E-state index in [9.17, 15) is 9.59 Å².